The van der Waals surface area contributed by atoms with Crippen LogP contribution in [0.15, 0.2) is 36.4 Å². The van der Waals surface area contributed by atoms with E-state index in [1.165, 1.54) is 0 Å². The van der Waals surface area contributed by atoms with Crippen LogP contribution in [0.25, 0.3) is 10.8 Å². The minimum absolute atomic E-state index is 0.300. The smallest absolute Gasteiger partial charge is 0.136 e. The monoisotopic (exact) mass is 291 g/mol. The molecule has 3 aromatic rings. The van der Waals surface area contributed by atoms with Gasteiger partial charge in [-0.25, -0.2) is 0 Å². The summed E-state index contributed by atoms with van der Waals surface area (Å²) in [5, 5.41) is 7.14. The van der Waals surface area contributed by atoms with Crippen molar-refractivity contribution >= 4 is 38.9 Å². The number of nitrogen functional groups attached to an aromatic ring is 1. The number of hydrogen-bond donors (Lipinski definition) is 1. The van der Waals surface area contributed by atoms with Gasteiger partial charge < -0.3 is 10.5 Å². The van der Waals surface area contributed by atoms with Crippen molar-refractivity contribution in [2.24, 2.45) is 0 Å². The lowest BCUT2D eigenvalue weighted by Gasteiger charge is -2.09. The van der Waals surface area contributed by atoms with Crippen LogP contribution >= 0.6 is 23.1 Å². The van der Waals surface area contributed by atoms with E-state index < -0.39 is 0 Å². The van der Waals surface area contributed by atoms with Crippen LogP contribution in [0.1, 0.15) is 5.69 Å². The maximum Gasteiger partial charge on any atom is 0.136 e. The van der Waals surface area contributed by atoms with Gasteiger partial charge >= 0.3 is 0 Å². The summed E-state index contributed by atoms with van der Waals surface area (Å²) in [5.41, 5.74) is 6.39. The molecule has 0 atom stereocenters. The summed E-state index contributed by atoms with van der Waals surface area (Å²) < 4.78 is 9.54. The van der Waals surface area contributed by atoms with E-state index in [4.69, 9.17) is 22.1 Å². The molecule has 0 saturated carbocycles. The van der Waals surface area contributed by atoms with E-state index in [2.05, 4.69) is 9.59 Å². The molecule has 0 amide bonds. The molecule has 96 valence electrons. The summed E-state index contributed by atoms with van der Waals surface area (Å²) in [7, 11) is 0. The molecule has 6 heteroatoms. The Hall–Kier alpha value is -1.85. The Balaban J connectivity index is 1.93. The average molecular weight is 292 g/mol. The van der Waals surface area contributed by atoms with Gasteiger partial charge in [0.25, 0.3) is 0 Å². The average Bonchev–Trinajstić information content (AvgIpc) is 2.84. The first-order chi connectivity index (χ1) is 9.25. The lowest BCUT2D eigenvalue weighted by Crippen LogP contribution is -1.99. The van der Waals surface area contributed by atoms with Gasteiger partial charge in [-0.2, -0.15) is 0 Å². The SMILES string of the molecule is Nc1snnc1COc1ccc(Cl)c2ccccc12. The van der Waals surface area contributed by atoms with Gasteiger partial charge in [0.1, 0.15) is 23.1 Å². The largest absolute Gasteiger partial charge is 0.486 e. The van der Waals surface area contributed by atoms with Crippen molar-refractivity contribution < 1.29 is 4.74 Å². The van der Waals surface area contributed by atoms with E-state index >= 15 is 0 Å². The van der Waals surface area contributed by atoms with Crippen molar-refractivity contribution in [2.45, 2.75) is 6.61 Å². The number of halogens is 1. The second-order valence-corrected chi connectivity index (χ2v) is 5.16. The fraction of sp³-hybridized carbons (Fsp3) is 0.0769. The number of fused-ring (bicyclic) bond motifs is 1. The zero-order chi connectivity index (χ0) is 13.2. The summed E-state index contributed by atoms with van der Waals surface area (Å²) in [6.45, 7) is 0.300. The molecule has 0 spiro atoms. The Morgan fingerprint density at radius 1 is 1.16 bits per heavy atom. The van der Waals surface area contributed by atoms with Gasteiger partial charge in [-0.3, -0.25) is 0 Å². The molecule has 0 unspecified atom stereocenters. The van der Waals surface area contributed by atoms with Gasteiger partial charge in [0.05, 0.1) is 0 Å². The van der Waals surface area contributed by atoms with Gasteiger partial charge in [-0.15, -0.1) is 5.10 Å². The quantitative estimate of drug-likeness (QED) is 0.802. The number of hydrogen-bond acceptors (Lipinski definition) is 5. The van der Waals surface area contributed by atoms with E-state index in [1.807, 2.05) is 36.4 Å². The predicted molar refractivity (Wildman–Crippen MR) is 77.6 cm³/mol. The molecule has 19 heavy (non-hydrogen) atoms. The van der Waals surface area contributed by atoms with Crippen molar-refractivity contribution in [1.29, 1.82) is 0 Å². The van der Waals surface area contributed by atoms with Crippen molar-refractivity contribution in [2.75, 3.05) is 5.73 Å². The Bertz CT molecular complexity index is 729. The summed E-state index contributed by atoms with van der Waals surface area (Å²) in [6.07, 6.45) is 0. The second-order valence-electron chi connectivity index (χ2n) is 3.96. The standard InChI is InChI=1S/C13H10ClN3OS/c14-10-5-6-12(9-4-2-1-3-8(9)10)18-7-11-13(15)19-17-16-11/h1-6H,7,15H2. The van der Waals surface area contributed by atoms with E-state index in [1.54, 1.807) is 0 Å². The highest BCUT2D eigenvalue weighted by Crippen LogP contribution is 2.31. The Morgan fingerprint density at radius 3 is 2.68 bits per heavy atom. The minimum atomic E-state index is 0.300. The summed E-state index contributed by atoms with van der Waals surface area (Å²) in [4.78, 5) is 0. The zero-order valence-corrected chi connectivity index (χ0v) is 11.4. The fourth-order valence-electron chi connectivity index (χ4n) is 1.82. The Labute approximate surface area is 118 Å². The third-order valence-electron chi connectivity index (χ3n) is 2.78. The zero-order valence-electron chi connectivity index (χ0n) is 9.84. The Kier molecular flexibility index (Phi) is 3.23. The molecule has 0 fully saturated rings. The van der Waals surface area contributed by atoms with Crippen LogP contribution in [0, 0.1) is 0 Å². The summed E-state index contributed by atoms with van der Waals surface area (Å²) >= 11 is 7.32. The molecule has 2 aromatic carbocycles. The van der Waals surface area contributed by atoms with Crippen LogP contribution in [0.5, 0.6) is 5.75 Å². The molecule has 1 heterocycles. The summed E-state index contributed by atoms with van der Waals surface area (Å²) in [6, 6.07) is 11.5. The van der Waals surface area contributed by atoms with Crippen molar-refractivity contribution in [3.8, 4) is 5.75 Å². The number of aromatic nitrogens is 2. The molecule has 0 saturated heterocycles. The van der Waals surface area contributed by atoms with E-state index in [9.17, 15) is 0 Å². The van der Waals surface area contributed by atoms with E-state index in [0.717, 1.165) is 28.1 Å². The number of anilines is 1. The van der Waals surface area contributed by atoms with Crippen molar-refractivity contribution in [3.63, 3.8) is 0 Å². The highest BCUT2D eigenvalue weighted by molar-refractivity contribution is 7.09. The van der Waals surface area contributed by atoms with Gasteiger partial charge in [0, 0.05) is 27.3 Å². The van der Waals surface area contributed by atoms with Gasteiger partial charge in [-0.1, -0.05) is 40.4 Å². The fourth-order valence-corrected chi connectivity index (χ4v) is 2.48. The molecular weight excluding hydrogens is 282 g/mol. The number of ether oxygens (including phenoxy) is 1. The maximum atomic E-state index is 6.16. The molecule has 0 radical (unpaired) electrons. The van der Waals surface area contributed by atoms with Crippen molar-refractivity contribution in [3.05, 3.63) is 47.1 Å². The molecule has 0 aliphatic carbocycles. The number of benzene rings is 2. The van der Waals surface area contributed by atoms with Crippen LogP contribution < -0.4 is 10.5 Å². The van der Waals surface area contributed by atoms with Crippen LogP contribution in [0.2, 0.25) is 5.02 Å². The molecule has 3 rings (SSSR count). The molecule has 1 aromatic heterocycles. The first kappa shape index (κ1) is 12.2. The first-order valence-electron chi connectivity index (χ1n) is 5.62. The summed E-state index contributed by atoms with van der Waals surface area (Å²) in [5.74, 6) is 0.757. The van der Waals surface area contributed by atoms with Crippen LogP contribution in [0.4, 0.5) is 5.00 Å². The molecule has 2 N–H and O–H groups in total. The molecule has 0 aliphatic rings. The van der Waals surface area contributed by atoms with Crippen LogP contribution in [0.3, 0.4) is 0 Å². The van der Waals surface area contributed by atoms with Gasteiger partial charge in [0.15, 0.2) is 0 Å². The molecule has 4 nitrogen and oxygen atoms in total. The highest BCUT2D eigenvalue weighted by Gasteiger charge is 2.08. The first-order valence-corrected chi connectivity index (χ1v) is 6.77. The van der Waals surface area contributed by atoms with Crippen LogP contribution in [-0.2, 0) is 6.61 Å². The second kappa shape index (κ2) is 5.03. The highest BCUT2D eigenvalue weighted by atomic mass is 35.5. The molecule has 0 aliphatic heterocycles. The number of nitrogens with two attached hydrogens (primary N) is 1. The van der Waals surface area contributed by atoms with Gasteiger partial charge in [0.2, 0.25) is 0 Å². The number of nitrogens with zero attached hydrogens (tertiary/aromatic N) is 2. The third kappa shape index (κ3) is 2.34. The molecular formula is C13H10ClN3OS. The Morgan fingerprint density at radius 2 is 1.95 bits per heavy atom. The van der Waals surface area contributed by atoms with Gasteiger partial charge in [-0.05, 0) is 12.1 Å². The lowest BCUT2D eigenvalue weighted by atomic mass is 10.1. The van der Waals surface area contributed by atoms with Crippen LogP contribution in [-0.4, -0.2) is 9.59 Å². The molecule has 0 bridgehead atoms. The predicted octanol–water partition coefficient (Wildman–Crippen LogP) is 3.51. The van der Waals surface area contributed by atoms with E-state index in [0.29, 0.717) is 22.3 Å². The topological polar surface area (TPSA) is 61.0 Å². The maximum absolute atomic E-state index is 6.16. The van der Waals surface area contributed by atoms with E-state index in [-0.39, 0.29) is 0 Å². The minimum Gasteiger partial charge on any atom is -0.486 e. The lowest BCUT2D eigenvalue weighted by molar-refractivity contribution is 0.305. The normalized spacial score (nSPS) is 10.8. The third-order valence-corrected chi connectivity index (χ3v) is 3.71. The van der Waals surface area contributed by atoms with Crippen molar-refractivity contribution in [1.82, 2.24) is 9.59 Å². The number of rotatable bonds is 3.